The summed E-state index contributed by atoms with van der Waals surface area (Å²) in [5.41, 5.74) is 1.15. The summed E-state index contributed by atoms with van der Waals surface area (Å²) in [6.45, 7) is 6.92. The molecule has 0 saturated carbocycles. The van der Waals surface area contributed by atoms with E-state index in [1.165, 1.54) is 12.8 Å². The lowest BCUT2D eigenvalue weighted by molar-refractivity contribution is -0.0615. The third-order valence-electron chi connectivity index (χ3n) is 5.07. The summed E-state index contributed by atoms with van der Waals surface area (Å²) in [5, 5.41) is 0. The SMILES string of the molecule is c1ccc(CN2C[C@@H]3OCCN(C[C@@H]4CCCO4)[C@@H]3C2)nc1. The molecule has 22 heavy (non-hydrogen) atoms. The molecule has 0 aromatic carbocycles. The number of rotatable bonds is 4. The van der Waals surface area contributed by atoms with E-state index in [0.717, 1.165) is 51.6 Å². The molecule has 0 aliphatic carbocycles. The Balaban J connectivity index is 1.37. The summed E-state index contributed by atoms with van der Waals surface area (Å²) in [4.78, 5) is 9.52. The van der Waals surface area contributed by atoms with Gasteiger partial charge in [0.1, 0.15) is 0 Å². The predicted molar refractivity (Wildman–Crippen MR) is 83.6 cm³/mol. The van der Waals surface area contributed by atoms with Crippen LogP contribution >= 0.6 is 0 Å². The number of pyridine rings is 1. The molecule has 0 spiro atoms. The van der Waals surface area contributed by atoms with Gasteiger partial charge in [-0.3, -0.25) is 14.8 Å². The molecule has 3 saturated heterocycles. The second kappa shape index (κ2) is 6.62. The van der Waals surface area contributed by atoms with Gasteiger partial charge in [0.25, 0.3) is 0 Å². The van der Waals surface area contributed by atoms with Crippen molar-refractivity contribution in [3.8, 4) is 0 Å². The molecule has 0 radical (unpaired) electrons. The molecular weight excluding hydrogens is 278 g/mol. The van der Waals surface area contributed by atoms with Gasteiger partial charge in [-0.05, 0) is 25.0 Å². The van der Waals surface area contributed by atoms with Crippen molar-refractivity contribution < 1.29 is 9.47 Å². The van der Waals surface area contributed by atoms with E-state index in [1.54, 1.807) is 0 Å². The molecule has 0 amide bonds. The lowest BCUT2D eigenvalue weighted by atomic mass is 10.1. The van der Waals surface area contributed by atoms with Crippen LogP contribution in [0.4, 0.5) is 0 Å². The van der Waals surface area contributed by atoms with E-state index in [9.17, 15) is 0 Å². The van der Waals surface area contributed by atoms with Crippen molar-refractivity contribution >= 4 is 0 Å². The van der Waals surface area contributed by atoms with Crippen LogP contribution in [-0.4, -0.2) is 72.4 Å². The molecule has 4 rings (SSSR count). The van der Waals surface area contributed by atoms with Crippen LogP contribution in [0.3, 0.4) is 0 Å². The van der Waals surface area contributed by atoms with Crippen LogP contribution in [0.1, 0.15) is 18.5 Å². The number of fused-ring (bicyclic) bond motifs is 1. The first-order chi connectivity index (χ1) is 10.9. The molecule has 5 heteroatoms. The second-order valence-electron chi connectivity index (χ2n) is 6.62. The van der Waals surface area contributed by atoms with E-state index in [0.29, 0.717) is 18.2 Å². The van der Waals surface area contributed by atoms with Crippen LogP contribution < -0.4 is 0 Å². The first kappa shape index (κ1) is 14.6. The number of nitrogens with zero attached hydrogens (tertiary/aromatic N) is 3. The molecule has 3 aliphatic heterocycles. The van der Waals surface area contributed by atoms with Crippen molar-refractivity contribution in [1.29, 1.82) is 0 Å². The zero-order chi connectivity index (χ0) is 14.8. The number of ether oxygens (including phenoxy) is 2. The molecule has 3 aliphatic rings. The fourth-order valence-electron chi connectivity index (χ4n) is 3.96. The van der Waals surface area contributed by atoms with Crippen molar-refractivity contribution in [2.75, 3.05) is 39.4 Å². The Labute approximate surface area is 132 Å². The van der Waals surface area contributed by atoms with Crippen molar-refractivity contribution in [2.24, 2.45) is 0 Å². The normalized spacial score (nSPS) is 33.2. The Morgan fingerprint density at radius 2 is 2.18 bits per heavy atom. The zero-order valence-corrected chi connectivity index (χ0v) is 13.1. The number of morpholine rings is 1. The number of aromatic nitrogens is 1. The highest BCUT2D eigenvalue weighted by Gasteiger charge is 2.40. The average Bonchev–Trinajstić information content (AvgIpc) is 3.18. The minimum absolute atomic E-state index is 0.346. The minimum atomic E-state index is 0.346. The molecule has 1 aromatic heterocycles. The van der Waals surface area contributed by atoms with Crippen LogP contribution in [0, 0.1) is 0 Å². The van der Waals surface area contributed by atoms with Gasteiger partial charge in [0.15, 0.2) is 0 Å². The number of hydrogen-bond donors (Lipinski definition) is 0. The van der Waals surface area contributed by atoms with Gasteiger partial charge < -0.3 is 9.47 Å². The van der Waals surface area contributed by atoms with Gasteiger partial charge in [-0.1, -0.05) is 6.07 Å². The van der Waals surface area contributed by atoms with E-state index in [4.69, 9.17) is 9.47 Å². The van der Waals surface area contributed by atoms with Crippen LogP contribution in [0.25, 0.3) is 0 Å². The maximum atomic E-state index is 6.02. The first-order valence-corrected chi connectivity index (χ1v) is 8.48. The number of hydrogen-bond acceptors (Lipinski definition) is 5. The maximum Gasteiger partial charge on any atom is 0.0870 e. The van der Waals surface area contributed by atoms with Gasteiger partial charge >= 0.3 is 0 Å². The lowest BCUT2D eigenvalue weighted by Crippen LogP contribution is -2.52. The molecule has 3 fully saturated rings. The van der Waals surface area contributed by atoms with Crippen molar-refractivity contribution in [1.82, 2.24) is 14.8 Å². The van der Waals surface area contributed by atoms with E-state index in [2.05, 4.69) is 26.9 Å². The monoisotopic (exact) mass is 303 g/mol. The molecule has 120 valence electrons. The first-order valence-electron chi connectivity index (χ1n) is 8.48. The Hall–Kier alpha value is -1.01. The summed E-state index contributed by atoms with van der Waals surface area (Å²) < 4.78 is 11.8. The lowest BCUT2D eigenvalue weighted by Gasteiger charge is -2.38. The Bertz CT molecular complexity index is 478. The molecule has 4 heterocycles. The van der Waals surface area contributed by atoms with E-state index in [-0.39, 0.29) is 0 Å². The third-order valence-corrected chi connectivity index (χ3v) is 5.07. The topological polar surface area (TPSA) is 37.8 Å². The smallest absolute Gasteiger partial charge is 0.0870 e. The van der Waals surface area contributed by atoms with E-state index < -0.39 is 0 Å². The molecule has 5 nitrogen and oxygen atoms in total. The van der Waals surface area contributed by atoms with Crippen molar-refractivity contribution in [2.45, 2.75) is 37.6 Å². The Morgan fingerprint density at radius 3 is 3.00 bits per heavy atom. The standard InChI is InChI=1S/C17H25N3O2/c1-2-6-18-14(4-1)10-19-12-16-17(13-19)22-9-7-20(16)11-15-5-3-8-21-15/h1-2,4,6,15-17H,3,5,7-13H2/t15-,16+,17-/m0/s1. The van der Waals surface area contributed by atoms with Gasteiger partial charge in [0.2, 0.25) is 0 Å². The predicted octanol–water partition coefficient (Wildman–Crippen LogP) is 1.15. The van der Waals surface area contributed by atoms with Crippen LogP contribution in [0.2, 0.25) is 0 Å². The second-order valence-corrected chi connectivity index (χ2v) is 6.62. The summed E-state index contributed by atoms with van der Waals surface area (Å²) >= 11 is 0. The molecule has 1 aromatic rings. The molecule has 0 N–H and O–H groups in total. The average molecular weight is 303 g/mol. The van der Waals surface area contributed by atoms with Crippen molar-refractivity contribution in [3.05, 3.63) is 30.1 Å². The molecule has 0 bridgehead atoms. The Kier molecular flexibility index (Phi) is 4.39. The molecular formula is C17H25N3O2. The summed E-state index contributed by atoms with van der Waals surface area (Å²) in [5.74, 6) is 0. The van der Waals surface area contributed by atoms with Gasteiger partial charge in [0, 0.05) is 51.6 Å². The zero-order valence-electron chi connectivity index (χ0n) is 13.1. The van der Waals surface area contributed by atoms with Gasteiger partial charge in [-0.25, -0.2) is 0 Å². The highest BCUT2D eigenvalue weighted by atomic mass is 16.5. The van der Waals surface area contributed by atoms with E-state index in [1.807, 2.05) is 12.3 Å². The van der Waals surface area contributed by atoms with Crippen molar-refractivity contribution in [3.63, 3.8) is 0 Å². The fraction of sp³-hybridized carbons (Fsp3) is 0.706. The maximum absolute atomic E-state index is 6.02. The van der Waals surface area contributed by atoms with Crippen LogP contribution in [0.5, 0.6) is 0 Å². The summed E-state index contributed by atoms with van der Waals surface area (Å²) in [6, 6.07) is 6.65. The third kappa shape index (κ3) is 3.18. The molecule has 0 unspecified atom stereocenters. The van der Waals surface area contributed by atoms with E-state index >= 15 is 0 Å². The Morgan fingerprint density at radius 1 is 1.18 bits per heavy atom. The van der Waals surface area contributed by atoms with Gasteiger partial charge in [-0.15, -0.1) is 0 Å². The van der Waals surface area contributed by atoms with Gasteiger partial charge in [-0.2, -0.15) is 0 Å². The summed E-state index contributed by atoms with van der Waals surface area (Å²) in [7, 11) is 0. The summed E-state index contributed by atoms with van der Waals surface area (Å²) in [6.07, 6.45) is 5.09. The largest absolute Gasteiger partial charge is 0.377 e. The van der Waals surface area contributed by atoms with Crippen LogP contribution in [-0.2, 0) is 16.0 Å². The van der Waals surface area contributed by atoms with Gasteiger partial charge in [0.05, 0.1) is 24.5 Å². The minimum Gasteiger partial charge on any atom is -0.377 e. The quantitative estimate of drug-likeness (QED) is 0.834. The van der Waals surface area contributed by atoms with Crippen LogP contribution in [0.15, 0.2) is 24.4 Å². The highest BCUT2D eigenvalue weighted by Crippen LogP contribution is 2.25. The highest BCUT2D eigenvalue weighted by molar-refractivity contribution is 5.05. The number of likely N-dealkylation sites (tertiary alicyclic amines) is 1. The fourth-order valence-corrected chi connectivity index (χ4v) is 3.96. The molecule has 3 atom stereocenters.